The van der Waals surface area contributed by atoms with Crippen LogP contribution in [0.5, 0.6) is 0 Å². The predicted molar refractivity (Wildman–Crippen MR) is 58.1 cm³/mol. The van der Waals surface area contributed by atoms with Crippen LogP contribution in [0.15, 0.2) is 28.9 Å². The minimum Gasteiger partial charge on any atom is -0.467 e. The smallest absolute Gasteiger partial charge is 0.333 e. The summed E-state index contributed by atoms with van der Waals surface area (Å²) in [6, 6.07) is 4.70. The molecule has 1 N–H and O–H groups in total. The molecule has 0 fully saturated rings. The fourth-order valence-electron chi connectivity index (χ4n) is 1.47. The third kappa shape index (κ3) is 2.55. The highest BCUT2D eigenvalue weighted by Crippen LogP contribution is 2.13. The van der Waals surface area contributed by atoms with Gasteiger partial charge in [0.2, 0.25) is 0 Å². The van der Waals surface area contributed by atoms with Gasteiger partial charge >= 0.3 is 6.55 Å². The quantitative estimate of drug-likeness (QED) is 0.910. The molecule has 0 aliphatic carbocycles. The van der Waals surface area contributed by atoms with Crippen LogP contribution in [0.2, 0.25) is 0 Å². The Hall–Kier alpha value is -2.18. The second-order valence-corrected chi connectivity index (χ2v) is 3.66. The van der Waals surface area contributed by atoms with Crippen LogP contribution in [-0.4, -0.2) is 15.7 Å². The zero-order chi connectivity index (χ0) is 13.1. The molecule has 0 aliphatic heterocycles. The van der Waals surface area contributed by atoms with E-state index in [1.54, 1.807) is 12.1 Å². The van der Waals surface area contributed by atoms with Crippen LogP contribution < -0.4 is 5.32 Å². The van der Waals surface area contributed by atoms with Crippen molar-refractivity contribution in [1.29, 1.82) is 0 Å². The Balaban J connectivity index is 2.03. The third-order valence-electron chi connectivity index (χ3n) is 2.34. The maximum Gasteiger partial charge on any atom is 0.333 e. The molecule has 96 valence electrons. The Labute approximate surface area is 101 Å². The molecule has 2 aromatic heterocycles. The molecule has 0 aromatic carbocycles. The summed E-state index contributed by atoms with van der Waals surface area (Å²) in [5.41, 5.74) is 0.188. The van der Waals surface area contributed by atoms with Crippen molar-refractivity contribution in [2.45, 2.75) is 20.0 Å². The predicted octanol–water partition coefficient (Wildman–Crippen LogP) is 2.11. The van der Waals surface area contributed by atoms with E-state index in [2.05, 4.69) is 10.4 Å². The topological polar surface area (TPSA) is 60.1 Å². The van der Waals surface area contributed by atoms with Gasteiger partial charge in [-0.1, -0.05) is 0 Å². The number of hydrogen-bond donors (Lipinski definition) is 1. The van der Waals surface area contributed by atoms with Crippen molar-refractivity contribution in [2.24, 2.45) is 0 Å². The van der Waals surface area contributed by atoms with Crippen molar-refractivity contribution in [3.05, 3.63) is 41.6 Å². The molecule has 0 bridgehead atoms. The lowest BCUT2D eigenvalue weighted by Crippen LogP contribution is -2.23. The van der Waals surface area contributed by atoms with Gasteiger partial charge in [-0.3, -0.25) is 4.79 Å². The second kappa shape index (κ2) is 4.99. The highest BCUT2D eigenvalue weighted by Gasteiger charge is 2.16. The van der Waals surface area contributed by atoms with Crippen molar-refractivity contribution in [2.75, 3.05) is 0 Å². The molecule has 0 aliphatic rings. The lowest BCUT2D eigenvalue weighted by atomic mass is 10.3. The van der Waals surface area contributed by atoms with E-state index < -0.39 is 12.5 Å². The molecule has 18 heavy (non-hydrogen) atoms. The second-order valence-electron chi connectivity index (χ2n) is 3.66. The summed E-state index contributed by atoms with van der Waals surface area (Å²) >= 11 is 0. The summed E-state index contributed by atoms with van der Waals surface area (Å²) in [6.07, 6.45) is 1.48. The molecule has 7 heteroatoms. The van der Waals surface area contributed by atoms with E-state index in [4.69, 9.17) is 4.42 Å². The third-order valence-corrected chi connectivity index (χ3v) is 2.34. The molecular formula is C11H11F2N3O2. The molecule has 2 heterocycles. The summed E-state index contributed by atoms with van der Waals surface area (Å²) in [4.78, 5) is 11.7. The maximum absolute atomic E-state index is 12.5. The number of rotatable bonds is 4. The van der Waals surface area contributed by atoms with Crippen LogP contribution in [0.25, 0.3) is 0 Å². The van der Waals surface area contributed by atoms with E-state index >= 15 is 0 Å². The number of aryl methyl sites for hydroxylation is 1. The zero-order valence-corrected chi connectivity index (χ0v) is 9.56. The largest absolute Gasteiger partial charge is 0.467 e. The van der Waals surface area contributed by atoms with E-state index in [1.807, 2.05) is 0 Å². The molecule has 5 nitrogen and oxygen atoms in total. The van der Waals surface area contributed by atoms with Crippen molar-refractivity contribution in [3.8, 4) is 0 Å². The van der Waals surface area contributed by atoms with Crippen LogP contribution in [0.3, 0.4) is 0 Å². The Morgan fingerprint density at radius 2 is 2.39 bits per heavy atom. The van der Waals surface area contributed by atoms with Crippen molar-refractivity contribution in [3.63, 3.8) is 0 Å². The van der Waals surface area contributed by atoms with Gasteiger partial charge in [-0.25, -0.2) is 4.68 Å². The fourth-order valence-corrected chi connectivity index (χ4v) is 1.47. The van der Waals surface area contributed by atoms with Crippen LogP contribution >= 0.6 is 0 Å². The van der Waals surface area contributed by atoms with Crippen molar-refractivity contribution < 1.29 is 18.0 Å². The normalized spacial score (nSPS) is 10.9. The number of alkyl halides is 2. The monoisotopic (exact) mass is 255 g/mol. The first kappa shape index (κ1) is 12.3. The molecule has 2 rings (SSSR count). The number of nitrogens with zero attached hydrogens (tertiary/aromatic N) is 2. The SMILES string of the molecule is Cc1cc(C(=O)NCc2ccco2)nn1C(F)F. The minimum atomic E-state index is -2.75. The molecule has 2 aromatic rings. The molecule has 1 amide bonds. The maximum atomic E-state index is 12.5. The average Bonchev–Trinajstić information content (AvgIpc) is 2.94. The van der Waals surface area contributed by atoms with Gasteiger partial charge in [-0.15, -0.1) is 0 Å². The standard InChI is InChI=1S/C11H11F2N3O2/c1-7-5-9(15-16(7)11(12)13)10(17)14-6-8-3-2-4-18-8/h2-5,11H,6H2,1H3,(H,14,17). The number of carbonyl (C=O) groups excluding carboxylic acids is 1. The van der Waals surface area contributed by atoms with Gasteiger partial charge < -0.3 is 9.73 Å². The first-order valence-electron chi connectivity index (χ1n) is 5.23. The highest BCUT2D eigenvalue weighted by atomic mass is 19.3. The first-order chi connectivity index (χ1) is 8.58. The van der Waals surface area contributed by atoms with E-state index in [-0.39, 0.29) is 17.9 Å². The lowest BCUT2D eigenvalue weighted by molar-refractivity contribution is 0.0538. The summed E-state index contributed by atoms with van der Waals surface area (Å²) in [5, 5.41) is 6.06. The molecule has 0 saturated heterocycles. The van der Waals surface area contributed by atoms with Crippen molar-refractivity contribution in [1.82, 2.24) is 15.1 Å². The van der Waals surface area contributed by atoms with Gasteiger partial charge in [0.25, 0.3) is 5.91 Å². The first-order valence-corrected chi connectivity index (χ1v) is 5.23. The Morgan fingerprint density at radius 1 is 1.61 bits per heavy atom. The van der Waals surface area contributed by atoms with Crippen LogP contribution in [0.4, 0.5) is 8.78 Å². The van der Waals surface area contributed by atoms with Crippen LogP contribution in [0.1, 0.15) is 28.5 Å². The molecule has 0 radical (unpaired) electrons. The average molecular weight is 255 g/mol. The number of aromatic nitrogens is 2. The van der Waals surface area contributed by atoms with Gasteiger partial charge in [0, 0.05) is 5.69 Å². The molecule has 0 saturated carbocycles. The van der Waals surface area contributed by atoms with E-state index in [9.17, 15) is 13.6 Å². The number of carbonyl (C=O) groups is 1. The Bertz CT molecular complexity index is 534. The summed E-state index contributed by atoms with van der Waals surface area (Å²) in [5.74, 6) is 0.0577. The van der Waals surface area contributed by atoms with Gasteiger partial charge in [0.15, 0.2) is 5.69 Å². The number of nitrogens with one attached hydrogen (secondary N) is 1. The van der Waals surface area contributed by atoms with Gasteiger partial charge in [0.1, 0.15) is 5.76 Å². The van der Waals surface area contributed by atoms with E-state index in [0.29, 0.717) is 10.4 Å². The van der Waals surface area contributed by atoms with Crippen LogP contribution in [0, 0.1) is 6.92 Å². The molecule has 0 atom stereocenters. The van der Waals surface area contributed by atoms with Crippen molar-refractivity contribution >= 4 is 5.91 Å². The van der Waals surface area contributed by atoms with Gasteiger partial charge in [-0.05, 0) is 25.1 Å². The zero-order valence-electron chi connectivity index (χ0n) is 9.56. The van der Waals surface area contributed by atoms with Crippen LogP contribution in [-0.2, 0) is 6.54 Å². The molecular weight excluding hydrogens is 244 g/mol. The molecule has 0 spiro atoms. The number of hydrogen-bond acceptors (Lipinski definition) is 3. The van der Waals surface area contributed by atoms with Gasteiger partial charge in [-0.2, -0.15) is 13.9 Å². The van der Waals surface area contributed by atoms with E-state index in [0.717, 1.165) is 0 Å². The lowest BCUT2D eigenvalue weighted by Gasteiger charge is -2.01. The van der Waals surface area contributed by atoms with E-state index in [1.165, 1.54) is 19.3 Å². The highest BCUT2D eigenvalue weighted by molar-refractivity contribution is 5.92. The summed E-state index contributed by atoms with van der Waals surface area (Å²) in [6.45, 7) is -1.11. The fraction of sp³-hybridized carbons (Fsp3) is 0.273. The number of amides is 1. The Kier molecular flexibility index (Phi) is 3.40. The van der Waals surface area contributed by atoms with Gasteiger partial charge in [0.05, 0.1) is 12.8 Å². The summed E-state index contributed by atoms with van der Waals surface area (Å²) in [7, 11) is 0. The Morgan fingerprint density at radius 3 is 2.94 bits per heavy atom. The molecule has 0 unspecified atom stereocenters. The number of furan rings is 1. The number of halogens is 2. The summed E-state index contributed by atoms with van der Waals surface area (Å²) < 4.78 is 30.5. The minimum absolute atomic E-state index is 0.0423.